The molecular formula is C17H14ClN3O2. The predicted octanol–water partition coefficient (Wildman–Crippen LogP) is 3.75. The van der Waals surface area contributed by atoms with Crippen molar-refractivity contribution < 1.29 is 9.53 Å². The SMILES string of the molecule is O=C(COc1ccccc1-c1cnc[nH]1)Nc1ccccc1Cl. The molecule has 0 aliphatic carbocycles. The normalized spacial score (nSPS) is 10.3. The summed E-state index contributed by atoms with van der Waals surface area (Å²) in [6.07, 6.45) is 3.29. The van der Waals surface area contributed by atoms with Crippen molar-refractivity contribution in [2.24, 2.45) is 0 Å². The predicted molar refractivity (Wildman–Crippen MR) is 89.6 cm³/mol. The van der Waals surface area contributed by atoms with Crippen molar-refractivity contribution in [3.05, 3.63) is 66.1 Å². The number of carbonyl (C=O) groups excluding carboxylic acids is 1. The molecule has 0 aliphatic heterocycles. The van der Waals surface area contributed by atoms with E-state index in [4.69, 9.17) is 16.3 Å². The highest BCUT2D eigenvalue weighted by Crippen LogP contribution is 2.28. The maximum Gasteiger partial charge on any atom is 0.262 e. The summed E-state index contributed by atoms with van der Waals surface area (Å²) in [4.78, 5) is 19.0. The van der Waals surface area contributed by atoms with Crippen molar-refractivity contribution in [3.63, 3.8) is 0 Å². The van der Waals surface area contributed by atoms with Gasteiger partial charge in [-0.25, -0.2) is 4.98 Å². The topological polar surface area (TPSA) is 67.0 Å². The molecule has 0 atom stereocenters. The largest absolute Gasteiger partial charge is 0.483 e. The average Bonchev–Trinajstić information content (AvgIpc) is 3.10. The number of hydrogen-bond acceptors (Lipinski definition) is 3. The van der Waals surface area contributed by atoms with Crippen LogP contribution in [0.2, 0.25) is 5.02 Å². The summed E-state index contributed by atoms with van der Waals surface area (Å²) in [5.74, 6) is 0.323. The van der Waals surface area contributed by atoms with Crippen LogP contribution >= 0.6 is 11.6 Å². The number of para-hydroxylation sites is 2. The van der Waals surface area contributed by atoms with Gasteiger partial charge >= 0.3 is 0 Å². The third kappa shape index (κ3) is 3.70. The van der Waals surface area contributed by atoms with E-state index in [0.717, 1.165) is 11.3 Å². The van der Waals surface area contributed by atoms with Crippen LogP contribution in [-0.2, 0) is 4.79 Å². The van der Waals surface area contributed by atoms with Crippen LogP contribution in [0.5, 0.6) is 5.75 Å². The Morgan fingerprint density at radius 1 is 1.17 bits per heavy atom. The maximum atomic E-state index is 12.0. The van der Waals surface area contributed by atoms with Gasteiger partial charge in [-0.1, -0.05) is 35.9 Å². The Morgan fingerprint density at radius 3 is 2.74 bits per heavy atom. The molecule has 0 saturated heterocycles. The van der Waals surface area contributed by atoms with Crippen LogP contribution in [0.3, 0.4) is 0 Å². The molecule has 1 heterocycles. The van der Waals surface area contributed by atoms with Crippen LogP contribution in [0.15, 0.2) is 61.1 Å². The van der Waals surface area contributed by atoms with E-state index in [1.807, 2.05) is 18.2 Å². The number of amides is 1. The molecule has 0 unspecified atom stereocenters. The van der Waals surface area contributed by atoms with Crippen molar-refractivity contribution in [1.29, 1.82) is 0 Å². The first kappa shape index (κ1) is 15.1. The lowest BCUT2D eigenvalue weighted by Crippen LogP contribution is -2.20. The second-order valence-electron chi connectivity index (χ2n) is 4.78. The number of halogens is 1. The molecule has 2 N–H and O–H groups in total. The third-order valence-electron chi connectivity index (χ3n) is 3.18. The standard InChI is InChI=1S/C17H14ClN3O2/c18-13-6-2-3-7-14(13)21-17(22)10-23-16-8-4-1-5-12(16)15-9-19-11-20-15/h1-9,11H,10H2,(H,19,20)(H,21,22). The number of anilines is 1. The van der Waals surface area contributed by atoms with Crippen LogP contribution in [-0.4, -0.2) is 22.5 Å². The number of H-pyrrole nitrogens is 1. The van der Waals surface area contributed by atoms with Gasteiger partial charge in [-0.15, -0.1) is 0 Å². The smallest absolute Gasteiger partial charge is 0.262 e. The number of ether oxygens (including phenoxy) is 1. The quantitative estimate of drug-likeness (QED) is 0.750. The molecular weight excluding hydrogens is 314 g/mol. The second-order valence-corrected chi connectivity index (χ2v) is 5.19. The third-order valence-corrected chi connectivity index (χ3v) is 3.51. The molecule has 3 aromatic rings. The highest BCUT2D eigenvalue weighted by Gasteiger charge is 2.10. The molecule has 0 spiro atoms. The molecule has 0 radical (unpaired) electrons. The summed E-state index contributed by atoms with van der Waals surface area (Å²) in [6.45, 7) is -0.115. The van der Waals surface area contributed by atoms with Gasteiger partial charge in [-0.2, -0.15) is 0 Å². The van der Waals surface area contributed by atoms with Crippen molar-refractivity contribution in [3.8, 4) is 17.0 Å². The van der Waals surface area contributed by atoms with Gasteiger partial charge in [-0.3, -0.25) is 4.79 Å². The number of aromatic nitrogens is 2. The van der Waals surface area contributed by atoms with Crippen LogP contribution in [0.1, 0.15) is 0 Å². The molecule has 1 amide bonds. The number of imidazole rings is 1. The molecule has 23 heavy (non-hydrogen) atoms. The van der Waals surface area contributed by atoms with E-state index >= 15 is 0 Å². The highest BCUT2D eigenvalue weighted by atomic mass is 35.5. The minimum absolute atomic E-state index is 0.115. The molecule has 5 nitrogen and oxygen atoms in total. The van der Waals surface area contributed by atoms with Crippen LogP contribution in [0, 0.1) is 0 Å². The van der Waals surface area contributed by atoms with Gasteiger partial charge in [0, 0.05) is 5.56 Å². The van der Waals surface area contributed by atoms with E-state index < -0.39 is 0 Å². The molecule has 6 heteroatoms. The fourth-order valence-electron chi connectivity index (χ4n) is 2.11. The Hall–Kier alpha value is -2.79. The summed E-state index contributed by atoms with van der Waals surface area (Å²) in [5.41, 5.74) is 2.23. The zero-order valence-electron chi connectivity index (χ0n) is 12.1. The Bertz CT molecular complexity index is 803. The first-order chi connectivity index (χ1) is 11.2. The van der Waals surface area contributed by atoms with E-state index in [1.54, 1.807) is 42.9 Å². The van der Waals surface area contributed by atoms with Gasteiger partial charge in [0.15, 0.2) is 6.61 Å². The number of carbonyl (C=O) groups is 1. The summed E-state index contributed by atoms with van der Waals surface area (Å²) in [6, 6.07) is 14.5. The average molecular weight is 328 g/mol. The van der Waals surface area contributed by atoms with Gasteiger partial charge in [0.05, 0.1) is 28.9 Å². The van der Waals surface area contributed by atoms with Crippen LogP contribution in [0.25, 0.3) is 11.3 Å². The number of nitrogens with one attached hydrogen (secondary N) is 2. The minimum Gasteiger partial charge on any atom is -0.483 e. The summed E-state index contributed by atoms with van der Waals surface area (Å²) < 4.78 is 5.63. The fourth-order valence-corrected chi connectivity index (χ4v) is 2.29. The zero-order chi connectivity index (χ0) is 16.1. The molecule has 0 saturated carbocycles. The number of nitrogens with zero attached hydrogens (tertiary/aromatic N) is 1. The summed E-state index contributed by atoms with van der Waals surface area (Å²) in [7, 11) is 0. The first-order valence-electron chi connectivity index (χ1n) is 6.99. The Kier molecular flexibility index (Phi) is 4.59. The molecule has 0 fully saturated rings. The Labute approximate surface area is 138 Å². The summed E-state index contributed by atoms with van der Waals surface area (Å²) in [5, 5.41) is 3.20. The van der Waals surface area contributed by atoms with Gasteiger partial charge in [-0.05, 0) is 24.3 Å². The minimum atomic E-state index is -0.280. The van der Waals surface area contributed by atoms with E-state index in [0.29, 0.717) is 16.5 Å². The molecule has 0 bridgehead atoms. The monoisotopic (exact) mass is 327 g/mol. The molecule has 1 aromatic heterocycles. The lowest BCUT2D eigenvalue weighted by atomic mass is 10.1. The van der Waals surface area contributed by atoms with E-state index in [9.17, 15) is 4.79 Å². The number of benzene rings is 2. The van der Waals surface area contributed by atoms with Crippen molar-refractivity contribution in [2.45, 2.75) is 0 Å². The van der Waals surface area contributed by atoms with E-state index in [1.165, 1.54) is 0 Å². The van der Waals surface area contributed by atoms with Crippen molar-refractivity contribution in [2.75, 3.05) is 11.9 Å². The van der Waals surface area contributed by atoms with E-state index in [-0.39, 0.29) is 12.5 Å². The van der Waals surface area contributed by atoms with Gasteiger partial charge in [0.1, 0.15) is 5.75 Å². The maximum absolute atomic E-state index is 12.0. The van der Waals surface area contributed by atoms with Gasteiger partial charge in [0.2, 0.25) is 0 Å². The number of rotatable bonds is 5. The van der Waals surface area contributed by atoms with Crippen molar-refractivity contribution >= 4 is 23.2 Å². The van der Waals surface area contributed by atoms with Gasteiger partial charge in [0.25, 0.3) is 5.91 Å². The zero-order valence-corrected chi connectivity index (χ0v) is 12.9. The first-order valence-corrected chi connectivity index (χ1v) is 7.37. The Balaban J connectivity index is 1.67. The number of aromatic amines is 1. The van der Waals surface area contributed by atoms with Crippen LogP contribution in [0.4, 0.5) is 5.69 Å². The van der Waals surface area contributed by atoms with E-state index in [2.05, 4.69) is 15.3 Å². The molecule has 0 aliphatic rings. The lowest BCUT2D eigenvalue weighted by Gasteiger charge is -2.11. The van der Waals surface area contributed by atoms with Gasteiger partial charge < -0.3 is 15.0 Å². The fraction of sp³-hybridized carbons (Fsp3) is 0.0588. The Morgan fingerprint density at radius 2 is 1.96 bits per heavy atom. The summed E-state index contributed by atoms with van der Waals surface area (Å²) >= 11 is 6.01. The highest BCUT2D eigenvalue weighted by molar-refractivity contribution is 6.33. The van der Waals surface area contributed by atoms with Crippen molar-refractivity contribution in [1.82, 2.24) is 9.97 Å². The lowest BCUT2D eigenvalue weighted by molar-refractivity contribution is -0.118. The van der Waals surface area contributed by atoms with Crippen LogP contribution < -0.4 is 10.1 Å². The molecule has 2 aromatic carbocycles. The molecule has 3 rings (SSSR count). The molecule has 116 valence electrons. The second kappa shape index (κ2) is 6.98. The number of hydrogen-bond donors (Lipinski definition) is 2.